The van der Waals surface area contributed by atoms with Crippen molar-refractivity contribution in [3.63, 3.8) is 0 Å². The van der Waals surface area contributed by atoms with Crippen LogP contribution < -0.4 is 5.32 Å². The number of fused-ring (bicyclic) bond motifs is 1. The third kappa shape index (κ3) is 2.05. The summed E-state index contributed by atoms with van der Waals surface area (Å²) < 4.78 is 5.43. The van der Waals surface area contributed by atoms with Gasteiger partial charge in [0, 0.05) is 6.54 Å². The van der Waals surface area contributed by atoms with E-state index < -0.39 is 0 Å². The van der Waals surface area contributed by atoms with E-state index in [0.717, 1.165) is 17.8 Å². The summed E-state index contributed by atoms with van der Waals surface area (Å²) in [5.41, 5.74) is 2.70. The van der Waals surface area contributed by atoms with Gasteiger partial charge in [-0.1, -0.05) is 35.5 Å². The summed E-state index contributed by atoms with van der Waals surface area (Å²) in [5.74, 6) is 1.35. The topological polar surface area (TPSA) is 51.0 Å². The molecule has 0 saturated heterocycles. The van der Waals surface area contributed by atoms with E-state index in [1.54, 1.807) is 11.3 Å². The van der Waals surface area contributed by atoms with Crippen molar-refractivity contribution >= 4 is 11.3 Å². The SMILES string of the molecule is c1csc(-c2noc(C3Cc4ccccc4CN3)n2)c1. The summed E-state index contributed by atoms with van der Waals surface area (Å²) in [5, 5.41) is 9.55. The smallest absolute Gasteiger partial charge is 0.244 e. The minimum Gasteiger partial charge on any atom is -0.337 e. The molecule has 0 fully saturated rings. The van der Waals surface area contributed by atoms with Crippen LogP contribution in [-0.2, 0) is 13.0 Å². The molecule has 20 heavy (non-hydrogen) atoms. The Morgan fingerprint density at radius 1 is 1.15 bits per heavy atom. The number of rotatable bonds is 2. The second-order valence-corrected chi connectivity index (χ2v) is 5.79. The predicted octanol–water partition coefficient (Wildman–Crippen LogP) is 3.19. The van der Waals surface area contributed by atoms with Crippen molar-refractivity contribution in [2.45, 2.75) is 19.0 Å². The average molecular weight is 283 g/mol. The van der Waals surface area contributed by atoms with Gasteiger partial charge in [0.05, 0.1) is 10.9 Å². The summed E-state index contributed by atoms with van der Waals surface area (Å²) in [4.78, 5) is 5.56. The maximum atomic E-state index is 5.43. The minimum absolute atomic E-state index is 0.103. The highest BCUT2D eigenvalue weighted by Crippen LogP contribution is 2.27. The van der Waals surface area contributed by atoms with Crippen LogP contribution in [0.15, 0.2) is 46.3 Å². The molecule has 0 amide bonds. The fraction of sp³-hybridized carbons (Fsp3) is 0.200. The molecule has 1 atom stereocenters. The fourth-order valence-electron chi connectivity index (χ4n) is 2.51. The van der Waals surface area contributed by atoms with Crippen molar-refractivity contribution in [3.05, 3.63) is 58.8 Å². The van der Waals surface area contributed by atoms with Crippen LogP contribution in [0.5, 0.6) is 0 Å². The molecule has 100 valence electrons. The Morgan fingerprint density at radius 3 is 2.90 bits per heavy atom. The minimum atomic E-state index is 0.103. The second kappa shape index (κ2) is 4.85. The molecule has 0 spiro atoms. The van der Waals surface area contributed by atoms with Crippen LogP contribution in [0.3, 0.4) is 0 Å². The molecule has 4 rings (SSSR count). The van der Waals surface area contributed by atoms with Crippen molar-refractivity contribution in [2.75, 3.05) is 0 Å². The summed E-state index contributed by atoms with van der Waals surface area (Å²) in [7, 11) is 0. The maximum Gasteiger partial charge on any atom is 0.244 e. The first-order valence-electron chi connectivity index (χ1n) is 6.58. The first-order chi connectivity index (χ1) is 9.90. The lowest BCUT2D eigenvalue weighted by molar-refractivity contribution is 0.321. The maximum absolute atomic E-state index is 5.43. The highest BCUT2D eigenvalue weighted by molar-refractivity contribution is 7.13. The third-order valence-electron chi connectivity index (χ3n) is 3.56. The highest BCUT2D eigenvalue weighted by atomic mass is 32.1. The molecule has 1 N–H and O–H groups in total. The number of benzene rings is 1. The molecule has 1 aromatic carbocycles. The highest BCUT2D eigenvalue weighted by Gasteiger charge is 2.24. The van der Waals surface area contributed by atoms with Gasteiger partial charge in [-0.2, -0.15) is 4.98 Å². The van der Waals surface area contributed by atoms with Gasteiger partial charge in [-0.15, -0.1) is 11.3 Å². The van der Waals surface area contributed by atoms with Crippen LogP contribution in [-0.4, -0.2) is 10.1 Å². The van der Waals surface area contributed by atoms with Gasteiger partial charge in [0.15, 0.2) is 0 Å². The van der Waals surface area contributed by atoms with Gasteiger partial charge in [-0.25, -0.2) is 0 Å². The lowest BCUT2D eigenvalue weighted by Gasteiger charge is -2.23. The van der Waals surface area contributed by atoms with Gasteiger partial charge in [-0.05, 0) is 29.0 Å². The Hall–Kier alpha value is -1.98. The van der Waals surface area contributed by atoms with Crippen molar-refractivity contribution in [1.29, 1.82) is 0 Å². The van der Waals surface area contributed by atoms with Gasteiger partial charge in [0.25, 0.3) is 0 Å². The standard InChI is InChI=1S/C15H13N3OS/c1-2-5-11-9-16-12(8-10(11)4-1)15-17-14(18-19-15)13-6-3-7-20-13/h1-7,12,16H,8-9H2. The molecule has 5 heteroatoms. The van der Waals surface area contributed by atoms with E-state index in [4.69, 9.17) is 4.52 Å². The Labute approximate surface area is 120 Å². The molecule has 1 aliphatic heterocycles. The van der Waals surface area contributed by atoms with Crippen LogP contribution in [0, 0.1) is 0 Å². The van der Waals surface area contributed by atoms with Crippen LogP contribution >= 0.6 is 11.3 Å². The van der Waals surface area contributed by atoms with Crippen LogP contribution in [0.1, 0.15) is 23.1 Å². The van der Waals surface area contributed by atoms with E-state index in [-0.39, 0.29) is 6.04 Å². The van der Waals surface area contributed by atoms with Gasteiger partial charge in [0.1, 0.15) is 0 Å². The Kier molecular flexibility index (Phi) is 2.86. The second-order valence-electron chi connectivity index (χ2n) is 4.84. The largest absolute Gasteiger partial charge is 0.337 e. The molecule has 0 saturated carbocycles. The van der Waals surface area contributed by atoms with Gasteiger partial charge >= 0.3 is 0 Å². The van der Waals surface area contributed by atoms with E-state index >= 15 is 0 Å². The van der Waals surface area contributed by atoms with E-state index in [2.05, 4.69) is 39.7 Å². The molecular formula is C15H13N3OS. The number of nitrogens with one attached hydrogen (secondary N) is 1. The third-order valence-corrected chi connectivity index (χ3v) is 4.43. The number of aromatic nitrogens is 2. The zero-order chi connectivity index (χ0) is 13.4. The molecule has 1 aliphatic rings. The fourth-order valence-corrected chi connectivity index (χ4v) is 3.16. The van der Waals surface area contributed by atoms with Crippen molar-refractivity contribution in [2.24, 2.45) is 0 Å². The molecule has 2 aromatic heterocycles. The molecule has 0 radical (unpaired) electrons. The van der Waals surface area contributed by atoms with E-state index in [0.29, 0.717) is 11.7 Å². The number of hydrogen-bond acceptors (Lipinski definition) is 5. The molecule has 4 nitrogen and oxygen atoms in total. The molecule has 0 bridgehead atoms. The van der Waals surface area contributed by atoms with Crippen LogP contribution in [0.4, 0.5) is 0 Å². The molecule has 3 aromatic rings. The Balaban J connectivity index is 1.60. The summed E-state index contributed by atoms with van der Waals surface area (Å²) in [6, 6.07) is 12.6. The zero-order valence-electron chi connectivity index (χ0n) is 10.7. The van der Waals surface area contributed by atoms with Gasteiger partial charge in [0.2, 0.25) is 11.7 Å². The first kappa shape index (κ1) is 11.8. The van der Waals surface area contributed by atoms with Crippen molar-refractivity contribution in [3.8, 4) is 10.7 Å². The predicted molar refractivity (Wildman–Crippen MR) is 77.3 cm³/mol. The Morgan fingerprint density at radius 2 is 2.05 bits per heavy atom. The lowest BCUT2D eigenvalue weighted by Crippen LogP contribution is -2.28. The zero-order valence-corrected chi connectivity index (χ0v) is 11.6. The van der Waals surface area contributed by atoms with E-state index in [1.165, 1.54) is 11.1 Å². The number of nitrogens with zero attached hydrogens (tertiary/aromatic N) is 2. The van der Waals surface area contributed by atoms with Gasteiger partial charge < -0.3 is 9.84 Å². The van der Waals surface area contributed by atoms with Crippen LogP contribution in [0.2, 0.25) is 0 Å². The van der Waals surface area contributed by atoms with Crippen LogP contribution in [0.25, 0.3) is 10.7 Å². The number of thiophene rings is 1. The van der Waals surface area contributed by atoms with Crippen molar-refractivity contribution < 1.29 is 4.52 Å². The quantitative estimate of drug-likeness (QED) is 0.784. The van der Waals surface area contributed by atoms with Gasteiger partial charge in [-0.3, -0.25) is 0 Å². The van der Waals surface area contributed by atoms with E-state index in [9.17, 15) is 0 Å². The number of hydrogen-bond donors (Lipinski definition) is 1. The molecule has 3 heterocycles. The summed E-state index contributed by atoms with van der Waals surface area (Å²) >= 11 is 1.62. The monoisotopic (exact) mass is 283 g/mol. The Bertz CT molecular complexity index is 720. The first-order valence-corrected chi connectivity index (χ1v) is 7.46. The van der Waals surface area contributed by atoms with E-state index in [1.807, 2.05) is 17.5 Å². The van der Waals surface area contributed by atoms with Crippen molar-refractivity contribution in [1.82, 2.24) is 15.5 Å². The summed E-state index contributed by atoms with van der Waals surface area (Å²) in [6.07, 6.45) is 0.891. The lowest BCUT2D eigenvalue weighted by atomic mass is 9.96. The average Bonchev–Trinajstić information content (AvgIpc) is 3.17. The molecule has 1 unspecified atom stereocenters. The summed E-state index contributed by atoms with van der Waals surface area (Å²) in [6.45, 7) is 0.845. The normalized spacial score (nSPS) is 17.9. The molecule has 0 aliphatic carbocycles. The molecular weight excluding hydrogens is 270 g/mol.